The fourth-order valence-electron chi connectivity index (χ4n) is 3.15. The van der Waals surface area contributed by atoms with E-state index in [9.17, 15) is 23.1 Å². The van der Waals surface area contributed by atoms with Crippen LogP contribution in [0.2, 0.25) is 0 Å². The molecule has 3 aromatic carbocycles. The van der Waals surface area contributed by atoms with E-state index in [2.05, 4.69) is 0 Å². The second-order valence-corrected chi connectivity index (χ2v) is 6.74. The second kappa shape index (κ2) is 7.59. The molecule has 4 aromatic rings. The van der Waals surface area contributed by atoms with E-state index in [1.165, 1.54) is 12.1 Å². The van der Waals surface area contributed by atoms with Gasteiger partial charge in [0.15, 0.2) is 0 Å². The summed E-state index contributed by atoms with van der Waals surface area (Å²) < 4.78 is 45.4. The topological polar surface area (TPSA) is 51.5 Å². The van der Waals surface area contributed by atoms with Crippen molar-refractivity contribution in [1.29, 1.82) is 0 Å². The van der Waals surface area contributed by atoms with E-state index in [0.29, 0.717) is 11.3 Å². The van der Waals surface area contributed by atoms with Crippen LogP contribution >= 0.6 is 0 Å². The molecule has 0 aliphatic heterocycles. The monoisotopic (exact) mass is 411 g/mol. The van der Waals surface area contributed by atoms with Gasteiger partial charge < -0.3 is 14.4 Å². The molecule has 0 bridgehead atoms. The average molecular weight is 411 g/mol. The summed E-state index contributed by atoms with van der Waals surface area (Å²) in [5.41, 5.74) is 1.74. The van der Waals surface area contributed by atoms with E-state index in [1.807, 2.05) is 29.0 Å². The van der Waals surface area contributed by atoms with Crippen molar-refractivity contribution in [2.75, 3.05) is 0 Å². The Morgan fingerprint density at radius 3 is 2.27 bits per heavy atom. The summed E-state index contributed by atoms with van der Waals surface area (Å²) in [4.78, 5) is 11.2. The molecule has 0 amide bonds. The lowest BCUT2D eigenvalue weighted by atomic mass is 10.1. The first kappa shape index (κ1) is 19.6. The van der Waals surface area contributed by atoms with Gasteiger partial charge in [0.05, 0.1) is 16.6 Å². The predicted octanol–water partition coefficient (Wildman–Crippen LogP) is 5.93. The fourth-order valence-corrected chi connectivity index (χ4v) is 3.15. The van der Waals surface area contributed by atoms with Gasteiger partial charge in [-0.1, -0.05) is 18.2 Å². The third kappa shape index (κ3) is 4.00. The van der Waals surface area contributed by atoms with E-state index < -0.39 is 17.7 Å². The summed E-state index contributed by atoms with van der Waals surface area (Å²) in [6, 6.07) is 18.9. The van der Waals surface area contributed by atoms with Gasteiger partial charge >= 0.3 is 12.1 Å². The second-order valence-electron chi connectivity index (χ2n) is 6.74. The van der Waals surface area contributed by atoms with Gasteiger partial charge in [0.2, 0.25) is 0 Å². The molecule has 0 atom stereocenters. The summed E-state index contributed by atoms with van der Waals surface area (Å²) in [7, 11) is 0. The van der Waals surface area contributed by atoms with E-state index in [4.69, 9.17) is 4.74 Å². The molecular weight excluding hydrogens is 395 g/mol. The number of rotatable bonds is 5. The quantitative estimate of drug-likeness (QED) is 0.443. The molecule has 0 aliphatic rings. The standard InChI is InChI=1S/C23H16F3NO3/c24-23(25,26)18-5-1-15(2-6-18)14-30-20-9-7-19(8-10-20)27-12-11-16-3-4-17(22(28)29)13-21(16)27/h1-13H,14H2,(H,28,29). The Morgan fingerprint density at radius 1 is 0.933 bits per heavy atom. The van der Waals surface area contributed by atoms with Crippen LogP contribution in [0, 0.1) is 0 Å². The van der Waals surface area contributed by atoms with E-state index >= 15 is 0 Å². The van der Waals surface area contributed by atoms with Crippen molar-refractivity contribution in [3.8, 4) is 11.4 Å². The molecular formula is C23H16F3NO3. The van der Waals surface area contributed by atoms with Crippen LogP contribution in [0.5, 0.6) is 5.75 Å². The molecule has 1 heterocycles. The van der Waals surface area contributed by atoms with E-state index in [0.717, 1.165) is 28.7 Å². The molecule has 0 radical (unpaired) electrons. The molecule has 0 spiro atoms. The third-order valence-electron chi connectivity index (χ3n) is 4.74. The highest BCUT2D eigenvalue weighted by Crippen LogP contribution is 2.29. The van der Waals surface area contributed by atoms with Crippen LogP contribution in [0.1, 0.15) is 21.5 Å². The molecule has 152 valence electrons. The van der Waals surface area contributed by atoms with Crippen molar-refractivity contribution in [1.82, 2.24) is 4.57 Å². The first-order chi connectivity index (χ1) is 14.3. The van der Waals surface area contributed by atoms with Gasteiger partial charge in [-0.15, -0.1) is 0 Å². The molecule has 1 aromatic heterocycles. The molecule has 4 rings (SSSR count). The smallest absolute Gasteiger partial charge is 0.416 e. The first-order valence-corrected chi connectivity index (χ1v) is 9.05. The molecule has 0 unspecified atom stereocenters. The molecule has 0 fully saturated rings. The molecule has 0 aliphatic carbocycles. The number of hydrogen-bond acceptors (Lipinski definition) is 2. The minimum atomic E-state index is -4.36. The molecule has 4 nitrogen and oxygen atoms in total. The van der Waals surface area contributed by atoms with Gasteiger partial charge in [0, 0.05) is 11.9 Å². The summed E-state index contributed by atoms with van der Waals surface area (Å²) in [6.07, 6.45) is -2.50. The fraction of sp³-hybridized carbons (Fsp3) is 0.0870. The zero-order chi connectivity index (χ0) is 21.3. The number of hydrogen-bond donors (Lipinski definition) is 1. The third-order valence-corrected chi connectivity index (χ3v) is 4.74. The highest BCUT2D eigenvalue weighted by atomic mass is 19.4. The number of alkyl halides is 3. The van der Waals surface area contributed by atoms with Crippen LogP contribution in [-0.4, -0.2) is 15.6 Å². The number of halogens is 3. The van der Waals surface area contributed by atoms with E-state index in [-0.39, 0.29) is 12.2 Å². The van der Waals surface area contributed by atoms with Gasteiger partial charge in [-0.3, -0.25) is 0 Å². The Kier molecular flexibility index (Phi) is 4.95. The Balaban J connectivity index is 1.49. The SMILES string of the molecule is O=C(O)c1ccc2ccn(-c3ccc(OCc4ccc(C(F)(F)F)cc4)cc3)c2c1. The van der Waals surface area contributed by atoms with Crippen LogP contribution < -0.4 is 4.74 Å². The minimum Gasteiger partial charge on any atom is -0.489 e. The average Bonchev–Trinajstić information content (AvgIpc) is 3.15. The molecule has 0 saturated heterocycles. The summed E-state index contributed by atoms with van der Waals surface area (Å²) in [5.74, 6) is -0.419. The van der Waals surface area contributed by atoms with Crippen molar-refractivity contribution in [3.05, 3.63) is 95.7 Å². The van der Waals surface area contributed by atoms with Crippen molar-refractivity contribution < 1.29 is 27.8 Å². The number of fused-ring (bicyclic) bond motifs is 1. The maximum atomic E-state index is 12.6. The van der Waals surface area contributed by atoms with Crippen LogP contribution in [0.15, 0.2) is 79.0 Å². The lowest BCUT2D eigenvalue weighted by molar-refractivity contribution is -0.137. The lowest BCUT2D eigenvalue weighted by Crippen LogP contribution is -2.05. The number of carboxylic acids is 1. The Morgan fingerprint density at radius 2 is 1.63 bits per heavy atom. The number of nitrogens with zero attached hydrogens (tertiary/aromatic N) is 1. The van der Waals surface area contributed by atoms with Crippen LogP contribution in [0.3, 0.4) is 0 Å². The zero-order valence-electron chi connectivity index (χ0n) is 15.6. The summed E-state index contributed by atoms with van der Waals surface area (Å²) >= 11 is 0. The van der Waals surface area contributed by atoms with Crippen molar-refractivity contribution in [2.24, 2.45) is 0 Å². The van der Waals surface area contributed by atoms with Crippen molar-refractivity contribution >= 4 is 16.9 Å². The maximum Gasteiger partial charge on any atom is 0.416 e. The van der Waals surface area contributed by atoms with Gasteiger partial charge in [-0.05, 0) is 65.5 Å². The van der Waals surface area contributed by atoms with E-state index in [1.54, 1.807) is 30.3 Å². The van der Waals surface area contributed by atoms with Gasteiger partial charge in [0.1, 0.15) is 12.4 Å². The number of carbonyl (C=O) groups is 1. The number of aromatic carboxylic acids is 1. The van der Waals surface area contributed by atoms with Crippen LogP contribution in [0.25, 0.3) is 16.6 Å². The molecule has 7 heteroatoms. The highest BCUT2D eigenvalue weighted by molar-refractivity contribution is 5.94. The maximum absolute atomic E-state index is 12.6. The van der Waals surface area contributed by atoms with Gasteiger partial charge in [-0.2, -0.15) is 13.2 Å². The molecule has 30 heavy (non-hydrogen) atoms. The number of aromatic nitrogens is 1. The normalized spacial score (nSPS) is 11.6. The molecule has 1 N–H and O–H groups in total. The van der Waals surface area contributed by atoms with Crippen molar-refractivity contribution in [2.45, 2.75) is 12.8 Å². The number of benzene rings is 3. The van der Waals surface area contributed by atoms with Gasteiger partial charge in [-0.25, -0.2) is 4.79 Å². The Hall–Kier alpha value is -3.74. The number of ether oxygens (including phenoxy) is 1. The zero-order valence-corrected chi connectivity index (χ0v) is 15.6. The highest BCUT2D eigenvalue weighted by Gasteiger charge is 2.29. The largest absolute Gasteiger partial charge is 0.489 e. The van der Waals surface area contributed by atoms with Crippen molar-refractivity contribution in [3.63, 3.8) is 0 Å². The van der Waals surface area contributed by atoms with Gasteiger partial charge in [0.25, 0.3) is 0 Å². The predicted molar refractivity (Wildman–Crippen MR) is 106 cm³/mol. The van der Waals surface area contributed by atoms with Crippen LogP contribution in [-0.2, 0) is 12.8 Å². The Labute approximate surface area is 169 Å². The minimum absolute atomic E-state index is 0.145. The summed E-state index contributed by atoms with van der Waals surface area (Å²) in [6.45, 7) is 0.145. The molecule has 0 saturated carbocycles. The Bertz CT molecular complexity index is 1190. The number of carboxylic acid groups (broad SMARTS) is 1. The van der Waals surface area contributed by atoms with Crippen LogP contribution in [0.4, 0.5) is 13.2 Å². The summed E-state index contributed by atoms with van der Waals surface area (Å²) in [5, 5.41) is 10.1. The lowest BCUT2D eigenvalue weighted by Gasteiger charge is -2.10. The first-order valence-electron chi connectivity index (χ1n) is 9.05.